The fourth-order valence-corrected chi connectivity index (χ4v) is 0.580. The smallest absolute Gasteiger partial charge is 0.0779 e. The van der Waals surface area contributed by atoms with Crippen molar-refractivity contribution < 1.29 is 35.4 Å². The molecule has 0 saturated carbocycles. The SMILES string of the molecule is CC(O)COC(C)CO.OCCCCO.OCCO. The Labute approximate surface area is 115 Å². The van der Waals surface area contributed by atoms with Crippen LogP contribution in [0.15, 0.2) is 0 Å². The first-order valence-electron chi connectivity index (χ1n) is 6.33. The molecule has 0 aromatic carbocycles. The standard InChI is InChI=1S/C6H14O3.C4H10O2.C2H6O2/c1-5(8)4-9-6(2)3-7;5-3-1-2-4-6;3-1-2-4/h5-8H,3-4H2,1-2H3;5-6H,1-4H2;3-4H,1-2H2. The maximum absolute atomic E-state index is 8.69. The Bertz CT molecular complexity index is 127. The lowest BCUT2D eigenvalue weighted by Crippen LogP contribution is -2.19. The van der Waals surface area contributed by atoms with Crippen LogP contribution in [0.5, 0.6) is 0 Å². The van der Waals surface area contributed by atoms with Gasteiger partial charge in [0.05, 0.1) is 38.6 Å². The van der Waals surface area contributed by atoms with Gasteiger partial charge < -0.3 is 35.4 Å². The van der Waals surface area contributed by atoms with Crippen LogP contribution in [0, 0.1) is 0 Å². The highest BCUT2D eigenvalue weighted by Gasteiger charge is 2.00. The second-order valence-corrected chi connectivity index (χ2v) is 3.78. The monoisotopic (exact) mass is 286 g/mol. The van der Waals surface area contributed by atoms with Gasteiger partial charge in [0, 0.05) is 13.2 Å². The molecule has 7 heteroatoms. The third-order valence-corrected chi connectivity index (χ3v) is 1.55. The molecular weight excluding hydrogens is 256 g/mol. The molecule has 0 aliphatic rings. The summed E-state index contributed by atoms with van der Waals surface area (Å²) in [6.45, 7) is 3.84. The number of ether oxygens (including phenoxy) is 1. The lowest BCUT2D eigenvalue weighted by Gasteiger charge is -2.10. The Balaban J connectivity index is -0.000000222. The summed E-state index contributed by atoms with van der Waals surface area (Å²) in [5.74, 6) is 0. The summed E-state index contributed by atoms with van der Waals surface area (Å²) in [5, 5.41) is 48.6. The summed E-state index contributed by atoms with van der Waals surface area (Å²) in [6, 6.07) is 0. The van der Waals surface area contributed by atoms with E-state index in [0.717, 1.165) is 12.8 Å². The van der Waals surface area contributed by atoms with Crippen molar-refractivity contribution in [1.29, 1.82) is 0 Å². The van der Waals surface area contributed by atoms with E-state index in [4.69, 9.17) is 35.4 Å². The van der Waals surface area contributed by atoms with Gasteiger partial charge in [-0.25, -0.2) is 0 Å². The van der Waals surface area contributed by atoms with E-state index in [0.29, 0.717) is 6.61 Å². The summed E-state index contributed by atoms with van der Waals surface area (Å²) in [7, 11) is 0. The lowest BCUT2D eigenvalue weighted by molar-refractivity contribution is -0.0177. The first-order chi connectivity index (χ1) is 8.99. The van der Waals surface area contributed by atoms with Crippen LogP contribution >= 0.6 is 0 Å². The van der Waals surface area contributed by atoms with Gasteiger partial charge >= 0.3 is 0 Å². The molecule has 0 spiro atoms. The second-order valence-electron chi connectivity index (χ2n) is 3.78. The van der Waals surface area contributed by atoms with Crippen LogP contribution in [0.3, 0.4) is 0 Å². The zero-order valence-corrected chi connectivity index (χ0v) is 11.9. The van der Waals surface area contributed by atoms with Crippen LogP contribution in [-0.4, -0.2) is 82.5 Å². The van der Waals surface area contributed by atoms with Crippen LogP contribution in [-0.2, 0) is 4.74 Å². The minimum absolute atomic E-state index is 0.00667. The molecule has 19 heavy (non-hydrogen) atoms. The van der Waals surface area contributed by atoms with Gasteiger partial charge in [-0.15, -0.1) is 0 Å². The van der Waals surface area contributed by atoms with E-state index in [1.54, 1.807) is 13.8 Å². The summed E-state index contributed by atoms with van der Waals surface area (Å²) >= 11 is 0. The third kappa shape index (κ3) is 38.1. The van der Waals surface area contributed by atoms with Crippen LogP contribution in [0.4, 0.5) is 0 Å². The molecule has 0 radical (unpaired) electrons. The van der Waals surface area contributed by atoms with Crippen molar-refractivity contribution in [3.8, 4) is 0 Å². The zero-order chi connectivity index (χ0) is 15.5. The van der Waals surface area contributed by atoms with E-state index in [9.17, 15) is 0 Å². The number of unbranched alkanes of at least 4 members (excludes halogenated alkanes) is 1. The van der Waals surface area contributed by atoms with Gasteiger partial charge in [-0.2, -0.15) is 0 Å². The molecule has 0 amide bonds. The molecule has 0 aromatic heterocycles. The fourth-order valence-electron chi connectivity index (χ4n) is 0.580. The van der Waals surface area contributed by atoms with Crippen LogP contribution in [0.2, 0.25) is 0 Å². The Morgan fingerprint density at radius 1 is 0.789 bits per heavy atom. The van der Waals surface area contributed by atoms with Gasteiger partial charge in [0.2, 0.25) is 0 Å². The highest BCUT2D eigenvalue weighted by atomic mass is 16.5. The maximum Gasteiger partial charge on any atom is 0.0779 e. The second kappa shape index (κ2) is 22.9. The molecule has 6 N–H and O–H groups in total. The van der Waals surface area contributed by atoms with Crippen molar-refractivity contribution >= 4 is 0 Å². The molecule has 0 rings (SSSR count). The first-order valence-corrected chi connectivity index (χ1v) is 6.33. The van der Waals surface area contributed by atoms with Crippen LogP contribution < -0.4 is 0 Å². The van der Waals surface area contributed by atoms with E-state index in [1.165, 1.54) is 0 Å². The number of rotatable bonds is 8. The maximum atomic E-state index is 8.69. The molecule has 0 heterocycles. The molecule has 0 bridgehead atoms. The van der Waals surface area contributed by atoms with Crippen molar-refractivity contribution in [2.24, 2.45) is 0 Å². The molecule has 2 unspecified atom stereocenters. The average molecular weight is 286 g/mol. The predicted octanol–water partition coefficient (Wildman–Crippen LogP) is -1.51. The number of hydrogen-bond donors (Lipinski definition) is 6. The summed E-state index contributed by atoms with van der Waals surface area (Å²) in [6.07, 6.45) is 0.825. The van der Waals surface area contributed by atoms with E-state index < -0.39 is 6.10 Å². The summed E-state index contributed by atoms with van der Waals surface area (Å²) < 4.78 is 4.95. The normalized spacial score (nSPS) is 12.6. The Morgan fingerprint density at radius 3 is 1.42 bits per heavy atom. The van der Waals surface area contributed by atoms with E-state index in [-0.39, 0.29) is 39.1 Å². The van der Waals surface area contributed by atoms with E-state index in [2.05, 4.69) is 0 Å². The minimum atomic E-state index is -0.445. The number of hydrogen-bond acceptors (Lipinski definition) is 7. The van der Waals surface area contributed by atoms with E-state index in [1.807, 2.05) is 0 Å². The van der Waals surface area contributed by atoms with Gasteiger partial charge in [-0.3, -0.25) is 0 Å². The molecule has 2 atom stereocenters. The Hall–Kier alpha value is -0.280. The van der Waals surface area contributed by atoms with E-state index >= 15 is 0 Å². The van der Waals surface area contributed by atoms with Crippen molar-refractivity contribution in [1.82, 2.24) is 0 Å². The highest BCUT2D eigenvalue weighted by molar-refractivity contribution is 4.47. The van der Waals surface area contributed by atoms with Gasteiger partial charge in [-0.1, -0.05) is 0 Å². The summed E-state index contributed by atoms with van der Waals surface area (Å²) in [4.78, 5) is 0. The first kappa shape index (κ1) is 23.8. The van der Waals surface area contributed by atoms with Crippen molar-refractivity contribution in [3.05, 3.63) is 0 Å². The molecule has 0 fully saturated rings. The highest BCUT2D eigenvalue weighted by Crippen LogP contribution is 1.90. The van der Waals surface area contributed by atoms with Crippen LogP contribution in [0.1, 0.15) is 26.7 Å². The average Bonchev–Trinajstić information content (AvgIpc) is 2.43. The van der Waals surface area contributed by atoms with Crippen molar-refractivity contribution in [2.45, 2.75) is 38.9 Å². The fraction of sp³-hybridized carbons (Fsp3) is 1.00. The van der Waals surface area contributed by atoms with Gasteiger partial charge in [0.1, 0.15) is 0 Å². The van der Waals surface area contributed by atoms with Gasteiger partial charge in [0.25, 0.3) is 0 Å². The number of aliphatic hydroxyl groups is 6. The third-order valence-electron chi connectivity index (χ3n) is 1.55. The Morgan fingerprint density at radius 2 is 1.21 bits per heavy atom. The lowest BCUT2D eigenvalue weighted by atomic mass is 10.3. The minimum Gasteiger partial charge on any atom is -0.396 e. The molecule has 7 nitrogen and oxygen atoms in total. The summed E-state index contributed by atoms with van der Waals surface area (Å²) in [5.41, 5.74) is 0. The van der Waals surface area contributed by atoms with Crippen molar-refractivity contribution in [2.75, 3.05) is 39.6 Å². The molecular formula is C12H30O7. The van der Waals surface area contributed by atoms with Gasteiger partial charge in [0.15, 0.2) is 0 Å². The predicted molar refractivity (Wildman–Crippen MR) is 71.8 cm³/mol. The molecule has 0 saturated heterocycles. The zero-order valence-electron chi connectivity index (χ0n) is 11.9. The van der Waals surface area contributed by atoms with Crippen molar-refractivity contribution in [3.63, 3.8) is 0 Å². The topological polar surface area (TPSA) is 131 Å². The van der Waals surface area contributed by atoms with Gasteiger partial charge in [-0.05, 0) is 26.7 Å². The molecule has 0 aromatic rings. The molecule has 0 aliphatic heterocycles. The van der Waals surface area contributed by atoms with Crippen LogP contribution in [0.25, 0.3) is 0 Å². The quantitative estimate of drug-likeness (QED) is 0.299. The molecule has 120 valence electrons. The molecule has 0 aliphatic carbocycles. The number of aliphatic hydroxyl groups excluding tert-OH is 6. The largest absolute Gasteiger partial charge is 0.396 e. The Kier molecular flexibility index (Phi) is 28.6.